The third-order valence-corrected chi connectivity index (χ3v) is 8.43. The first-order chi connectivity index (χ1) is 23.4. The van der Waals surface area contributed by atoms with E-state index in [1.807, 2.05) is 105 Å². The fourth-order valence-corrected chi connectivity index (χ4v) is 6.10. The molecule has 50 heavy (non-hydrogen) atoms. The summed E-state index contributed by atoms with van der Waals surface area (Å²) in [5.74, 6) is 2.76. The molecule has 0 saturated heterocycles. The number of hydrogen-bond acceptors (Lipinski definition) is 4. The van der Waals surface area contributed by atoms with Gasteiger partial charge in [0.1, 0.15) is 0 Å². The van der Waals surface area contributed by atoms with Gasteiger partial charge in [0.05, 0.1) is 38.1 Å². The van der Waals surface area contributed by atoms with Gasteiger partial charge >= 0.3 is 0 Å². The number of aromatic nitrogens is 10. The van der Waals surface area contributed by atoms with Crippen LogP contribution in [0.4, 0.5) is 0 Å². The van der Waals surface area contributed by atoms with Crippen molar-refractivity contribution in [3.63, 3.8) is 0 Å². The summed E-state index contributed by atoms with van der Waals surface area (Å²) >= 11 is 0. The van der Waals surface area contributed by atoms with Gasteiger partial charge in [-0.1, -0.05) is 59.8 Å². The van der Waals surface area contributed by atoms with E-state index in [-0.39, 0.29) is 42.1 Å². The molecule has 8 heterocycles. The van der Waals surface area contributed by atoms with E-state index < -0.39 is 0 Å². The molecule has 0 atom stereocenters. The molecule has 10 aromatic rings. The van der Waals surface area contributed by atoms with E-state index in [1.165, 1.54) is 0 Å². The molecule has 10 rings (SSSR count). The molecular formula is C36H26N10O2Pt2-4. The average Bonchev–Trinajstić information content (AvgIpc) is 3.92. The molecule has 0 aliphatic carbocycles. The fraction of sp³-hybridized carbons (Fsp3) is 0.111. The Labute approximate surface area is 314 Å². The second-order valence-corrected chi connectivity index (χ2v) is 11.6. The Morgan fingerprint density at radius 1 is 0.620 bits per heavy atom. The van der Waals surface area contributed by atoms with E-state index in [0.29, 0.717) is 23.2 Å². The molecule has 8 aromatic heterocycles. The summed E-state index contributed by atoms with van der Waals surface area (Å²) in [6.07, 6.45) is 27.0. The van der Waals surface area contributed by atoms with Crippen LogP contribution in [0.25, 0.3) is 78.2 Å². The average molecular weight is 1020 g/mol. The first kappa shape index (κ1) is 33.3. The minimum Gasteiger partial charge on any atom is -0.660 e. The van der Waals surface area contributed by atoms with E-state index in [4.69, 9.17) is 18.8 Å². The van der Waals surface area contributed by atoms with Gasteiger partial charge in [-0.05, 0) is 24.9 Å². The molecule has 0 amide bonds. The molecule has 256 valence electrons. The molecule has 0 N–H and O–H groups in total. The predicted molar refractivity (Wildman–Crippen MR) is 175 cm³/mol. The van der Waals surface area contributed by atoms with Crippen molar-refractivity contribution in [2.75, 3.05) is 0 Å². The number of aryl methyl sites for hydroxylation is 4. The third kappa shape index (κ3) is 5.30. The SMILES string of the molecule is Cn1c[c-]nc1-c1occ2c1[n-]c1c(-n3[c-][n+](C)cc3)cccc12.Cn1c[c-]nc1-c1occ2c1[n-]c1c(-n3[c-][n+](C)cc3)cccc12.[Pt].[Pt]. The summed E-state index contributed by atoms with van der Waals surface area (Å²) in [4.78, 5) is 18.2. The maximum atomic E-state index is 5.75. The Morgan fingerprint density at radius 2 is 1.06 bits per heavy atom. The Bertz CT molecular complexity index is 2570. The van der Waals surface area contributed by atoms with Gasteiger partial charge in [0.2, 0.25) is 12.7 Å². The molecule has 12 nitrogen and oxygen atoms in total. The Balaban J connectivity index is 0.000000151. The van der Waals surface area contributed by atoms with Gasteiger partial charge in [-0.3, -0.25) is 0 Å². The largest absolute Gasteiger partial charge is 0.660 e. The molecule has 0 saturated carbocycles. The van der Waals surface area contributed by atoms with Gasteiger partial charge in [0, 0.05) is 101 Å². The number of hydrogen-bond donors (Lipinski definition) is 0. The smallest absolute Gasteiger partial charge is 0.243 e. The number of para-hydroxylation sites is 2. The van der Waals surface area contributed by atoms with E-state index in [9.17, 15) is 0 Å². The van der Waals surface area contributed by atoms with Gasteiger partial charge in [-0.25, -0.2) is 0 Å². The third-order valence-electron chi connectivity index (χ3n) is 8.43. The van der Waals surface area contributed by atoms with Crippen molar-refractivity contribution in [2.24, 2.45) is 28.2 Å². The number of imidazole rings is 4. The molecule has 2 aromatic carbocycles. The number of furan rings is 2. The zero-order valence-electron chi connectivity index (χ0n) is 27.0. The Morgan fingerprint density at radius 3 is 1.42 bits per heavy atom. The van der Waals surface area contributed by atoms with Gasteiger partial charge in [0.15, 0.2) is 0 Å². The van der Waals surface area contributed by atoms with Crippen LogP contribution in [0.2, 0.25) is 0 Å². The molecule has 0 bridgehead atoms. The second-order valence-electron chi connectivity index (χ2n) is 11.6. The Hall–Kier alpha value is -5.18. The monoisotopic (exact) mass is 1020 g/mol. The van der Waals surface area contributed by atoms with E-state index in [1.54, 1.807) is 24.9 Å². The van der Waals surface area contributed by atoms with E-state index in [0.717, 1.165) is 55.0 Å². The molecule has 0 aliphatic rings. The van der Waals surface area contributed by atoms with Crippen LogP contribution in [0, 0.1) is 25.0 Å². The first-order valence-electron chi connectivity index (χ1n) is 15.1. The van der Waals surface area contributed by atoms with Crippen LogP contribution in [0.15, 0.2) is 94.9 Å². The van der Waals surface area contributed by atoms with Crippen LogP contribution in [-0.4, -0.2) is 28.2 Å². The van der Waals surface area contributed by atoms with Crippen molar-refractivity contribution < 1.29 is 60.1 Å². The van der Waals surface area contributed by atoms with Crippen molar-refractivity contribution in [3.8, 4) is 34.5 Å². The summed E-state index contributed by atoms with van der Waals surface area (Å²) in [6.45, 7) is 0. The first-order valence-corrected chi connectivity index (χ1v) is 15.1. The molecule has 0 spiro atoms. The van der Waals surface area contributed by atoms with Crippen molar-refractivity contribution in [1.29, 1.82) is 0 Å². The Kier molecular flexibility index (Phi) is 8.62. The second kappa shape index (κ2) is 12.9. The summed E-state index contributed by atoms with van der Waals surface area (Å²) < 4.78 is 22.9. The standard InChI is InChI=1S/2C18H13N5O.2Pt/c2*1-21-8-9-23(11-21)14-5-3-4-12-13-10-24-17(16(13)20-15(12)14)18-19-6-7-22(18)2;;/h2*3-5,7-10H,1-2H3;;/q2*-2;;. The zero-order valence-corrected chi connectivity index (χ0v) is 31.5. The topological polar surface area (TPSA) is 108 Å². The number of fused-ring (bicyclic) bond motifs is 6. The zero-order chi connectivity index (χ0) is 32.5. The van der Waals surface area contributed by atoms with Gasteiger partial charge in [-0.15, -0.1) is 23.4 Å². The molecule has 0 unspecified atom stereocenters. The predicted octanol–water partition coefficient (Wildman–Crippen LogP) is 4.31. The van der Waals surface area contributed by atoms with Crippen LogP contribution in [-0.2, 0) is 70.3 Å². The maximum absolute atomic E-state index is 5.75. The minimum atomic E-state index is 0. The summed E-state index contributed by atoms with van der Waals surface area (Å²) in [7, 11) is 7.71. The van der Waals surface area contributed by atoms with Gasteiger partial charge in [-0.2, -0.15) is 0 Å². The summed E-state index contributed by atoms with van der Waals surface area (Å²) in [5, 5.41) is 4.09. The van der Waals surface area contributed by atoms with Crippen LogP contribution in [0.5, 0.6) is 0 Å². The van der Waals surface area contributed by atoms with Crippen molar-refractivity contribution in [3.05, 3.63) is 111 Å². The fourth-order valence-electron chi connectivity index (χ4n) is 6.10. The van der Waals surface area contributed by atoms with Crippen molar-refractivity contribution >= 4 is 43.6 Å². The maximum Gasteiger partial charge on any atom is 0.243 e. The number of rotatable bonds is 4. The number of benzene rings is 2. The van der Waals surface area contributed by atoms with Crippen LogP contribution in [0.3, 0.4) is 0 Å². The molecule has 14 heteroatoms. The normalized spacial score (nSPS) is 11.3. The summed E-state index contributed by atoms with van der Waals surface area (Å²) in [6, 6.07) is 12.2. The van der Waals surface area contributed by atoms with Crippen LogP contribution in [0.1, 0.15) is 0 Å². The van der Waals surface area contributed by atoms with E-state index in [2.05, 4.69) is 47.1 Å². The minimum absolute atomic E-state index is 0. The quantitative estimate of drug-likeness (QED) is 0.192. The van der Waals surface area contributed by atoms with Crippen LogP contribution < -0.4 is 19.1 Å². The van der Waals surface area contributed by atoms with Crippen LogP contribution >= 0.6 is 0 Å². The van der Waals surface area contributed by atoms with Gasteiger partial charge in [0.25, 0.3) is 0 Å². The van der Waals surface area contributed by atoms with E-state index >= 15 is 0 Å². The van der Waals surface area contributed by atoms with Crippen molar-refractivity contribution in [1.82, 2.24) is 38.2 Å². The molecule has 0 radical (unpaired) electrons. The number of nitrogens with zero attached hydrogens (tertiary/aromatic N) is 10. The van der Waals surface area contributed by atoms with Gasteiger partial charge < -0.3 is 56.2 Å². The molecule has 0 aliphatic heterocycles. The molecular weight excluding hydrogens is 995 g/mol. The van der Waals surface area contributed by atoms with Crippen molar-refractivity contribution in [2.45, 2.75) is 0 Å². The molecule has 0 fully saturated rings. The summed E-state index contributed by atoms with van der Waals surface area (Å²) in [5.41, 5.74) is 5.45.